The number of hydrogen-bond acceptors (Lipinski definition) is 5. The number of furan rings is 1. The van der Waals surface area contributed by atoms with Crippen LogP contribution in [0.5, 0.6) is 0 Å². The molecule has 0 atom stereocenters. The third kappa shape index (κ3) is 2.97. The molecule has 0 aliphatic carbocycles. The summed E-state index contributed by atoms with van der Waals surface area (Å²) < 4.78 is 5.52. The lowest BCUT2D eigenvalue weighted by Gasteiger charge is -1.99. The number of thiazole rings is 1. The highest BCUT2D eigenvalue weighted by molar-refractivity contribution is 7.13. The zero-order valence-corrected chi connectivity index (χ0v) is 12.4. The van der Waals surface area contributed by atoms with Gasteiger partial charge in [0, 0.05) is 10.8 Å². The Morgan fingerprint density at radius 3 is 2.95 bits per heavy atom. The molecule has 0 saturated heterocycles. The molecule has 0 fully saturated rings. The highest BCUT2D eigenvalue weighted by Crippen LogP contribution is 2.25. The van der Waals surface area contributed by atoms with Gasteiger partial charge in [-0.1, -0.05) is 0 Å². The van der Waals surface area contributed by atoms with Crippen molar-refractivity contribution in [3.63, 3.8) is 0 Å². The normalized spacial score (nSPS) is 10.7. The number of aryl methyl sites for hydroxylation is 1. The van der Waals surface area contributed by atoms with Crippen molar-refractivity contribution in [1.82, 2.24) is 4.98 Å². The molecule has 0 spiro atoms. The monoisotopic (exact) mass is 304 g/mol. The molecule has 102 valence electrons. The molecule has 0 bridgehead atoms. The minimum Gasteiger partial charge on any atom is -0.459 e. The fraction of sp³-hybridized carbons (Fsp3) is 0.143. The number of thiophene rings is 1. The lowest BCUT2D eigenvalue weighted by Crippen LogP contribution is -2.13. The third-order valence-corrected chi connectivity index (χ3v) is 4.24. The lowest BCUT2D eigenvalue weighted by molar-refractivity contribution is -0.115. The van der Waals surface area contributed by atoms with E-state index in [2.05, 4.69) is 10.3 Å². The summed E-state index contributed by atoms with van der Waals surface area (Å²) in [7, 11) is 0. The fourth-order valence-electron chi connectivity index (χ4n) is 1.76. The van der Waals surface area contributed by atoms with Crippen molar-refractivity contribution in [3.05, 3.63) is 45.8 Å². The summed E-state index contributed by atoms with van der Waals surface area (Å²) in [4.78, 5) is 16.3. The van der Waals surface area contributed by atoms with Gasteiger partial charge in [-0.3, -0.25) is 4.79 Å². The maximum atomic E-state index is 11.9. The van der Waals surface area contributed by atoms with Crippen LogP contribution in [0.4, 0.5) is 5.69 Å². The molecular weight excluding hydrogens is 292 g/mol. The molecule has 0 aliphatic heterocycles. The van der Waals surface area contributed by atoms with Gasteiger partial charge in [0.25, 0.3) is 0 Å². The second kappa shape index (κ2) is 5.60. The lowest BCUT2D eigenvalue weighted by atomic mass is 10.3. The summed E-state index contributed by atoms with van der Waals surface area (Å²) >= 11 is 3.03. The topological polar surface area (TPSA) is 55.1 Å². The summed E-state index contributed by atoms with van der Waals surface area (Å²) in [5.74, 6) is 1.54. The van der Waals surface area contributed by atoms with Crippen LogP contribution in [0.15, 0.2) is 38.8 Å². The summed E-state index contributed by atoms with van der Waals surface area (Å²) in [5, 5.41) is 9.35. The van der Waals surface area contributed by atoms with Gasteiger partial charge in [-0.25, -0.2) is 4.98 Å². The van der Waals surface area contributed by atoms with E-state index in [1.54, 1.807) is 11.3 Å². The number of hydrogen-bond donors (Lipinski definition) is 1. The SMILES string of the molecule is Cc1ccc(-c2nc(CC(=O)Nc3ccsc3)cs2)o1. The van der Waals surface area contributed by atoms with Crippen LogP contribution >= 0.6 is 22.7 Å². The van der Waals surface area contributed by atoms with Gasteiger partial charge in [0.2, 0.25) is 5.91 Å². The van der Waals surface area contributed by atoms with Gasteiger partial charge in [0.1, 0.15) is 5.76 Å². The Kier molecular flexibility index (Phi) is 3.66. The first-order valence-electron chi connectivity index (χ1n) is 6.04. The van der Waals surface area contributed by atoms with Crippen molar-refractivity contribution in [2.45, 2.75) is 13.3 Å². The zero-order chi connectivity index (χ0) is 13.9. The average molecular weight is 304 g/mol. The summed E-state index contributed by atoms with van der Waals surface area (Å²) in [5.41, 5.74) is 1.59. The predicted octanol–water partition coefficient (Wildman–Crippen LogP) is 3.95. The highest BCUT2D eigenvalue weighted by Gasteiger charge is 2.11. The molecule has 20 heavy (non-hydrogen) atoms. The first kappa shape index (κ1) is 13.1. The Morgan fingerprint density at radius 1 is 1.35 bits per heavy atom. The molecular formula is C14H12N2O2S2. The zero-order valence-electron chi connectivity index (χ0n) is 10.8. The van der Waals surface area contributed by atoms with Gasteiger partial charge >= 0.3 is 0 Å². The Labute approximate surface area is 124 Å². The number of anilines is 1. The second-order valence-electron chi connectivity index (χ2n) is 4.29. The smallest absolute Gasteiger partial charge is 0.230 e. The molecule has 0 aromatic carbocycles. The fourth-order valence-corrected chi connectivity index (χ4v) is 3.12. The molecule has 4 nitrogen and oxygen atoms in total. The van der Waals surface area contributed by atoms with E-state index in [9.17, 15) is 4.79 Å². The maximum absolute atomic E-state index is 11.9. The van der Waals surface area contributed by atoms with Gasteiger partial charge in [-0.15, -0.1) is 11.3 Å². The van der Waals surface area contributed by atoms with E-state index >= 15 is 0 Å². The summed E-state index contributed by atoms with van der Waals surface area (Å²) in [6.45, 7) is 1.90. The molecule has 1 amide bonds. The number of nitrogens with zero attached hydrogens (tertiary/aromatic N) is 1. The summed E-state index contributed by atoms with van der Waals surface area (Å²) in [6, 6.07) is 5.67. The Morgan fingerprint density at radius 2 is 2.25 bits per heavy atom. The van der Waals surface area contributed by atoms with E-state index in [-0.39, 0.29) is 12.3 Å². The second-order valence-corrected chi connectivity index (χ2v) is 5.93. The van der Waals surface area contributed by atoms with Crippen LogP contribution in [0.2, 0.25) is 0 Å². The van der Waals surface area contributed by atoms with Crippen molar-refractivity contribution in [3.8, 4) is 10.8 Å². The molecule has 0 radical (unpaired) electrons. The molecule has 3 heterocycles. The highest BCUT2D eigenvalue weighted by atomic mass is 32.1. The number of aromatic nitrogens is 1. The van der Waals surface area contributed by atoms with Crippen LogP contribution < -0.4 is 5.32 Å². The first-order chi connectivity index (χ1) is 9.70. The Hall–Kier alpha value is -1.92. The van der Waals surface area contributed by atoms with Gasteiger partial charge in [0.15, 0.2) is 10.8 Å². The molecule has 6 heteroatoms. The van der Waals surface area contributed by atoms with E-state index in [1.807, 2.05) is 41.3 Å². The van der Waals surface area contributed by atoms with E-state index in [4.69, 9.17) is 4.42 Å². The molecule has 3 aromatic rings. The van der Waals surface area contributed by atoms with Gasteiger partial charge in [-0.2, -0.15) is 11.3 Å². The Bertz CT molecular complexity index is 713. The predicted molar refractivity (Wildman–Crippen MR) is 81.2 cm³/mol. The number of amides is 1. The molecule has 3 rings (SSSR count). The molecule has 0 saturated carbocycles. The minimum atomic E-state index is -0.0594. The van der Waals surface area contributed by atoms with E-state index in [0.717, 1.165) is 27.9 Å². The Balaban J connectivity index is 1.66. The van der Waals surface area contributed by atoms with E-state index in [1.165, 1.54) is 11.3 Å². The maximum Gasteiger partial charge on any atom is 0.230 e. The average Bonchev–Trinajstić information content (AvgIpc) is 3.10. The van der Waals surface area contributed by atoms with Crippen LogP contribution in [0.25, 0.3) is 10.8 Å². The number of nitrogens with one attached hydrogen (secondary N) is 1. The number of rotatable bonds is 4. The van der Waals surface area contributed by atoms with Crippen LogP contribution in [0, 0.1) is 6.92 Å². The van der Waals surface area contributed by atoms with E-state index in [0.29, 0.717) is 0 Å². The minimum absolute atomic E-state index is 0.0594. The molecule has 0 aliphatic rings. The van der Waals surface area contributed by atoms with Crippen molar-refractivity contribution >= 4 is 34.3 Å². The standard InChI is InChI=1S/C14H12N2O2S2/c1-9-2-3-12(18-9)14-16-11(8-20-14)6-13(17)15-10-4-5-19-7-10/h2-5,7-8H,6H2,1H3,(H,15,17). The molecule has 1 N–H and O–H groups in total. The van der Waals surface area contributed by atoms with Crippen LogP contribution in [0.3, 0.4) is 0 Å². The van der Waals surface area contributed by atoms with Gasteiger partial charge < -0.3 is 9.73 Å². The van der Waals surface area contributed by atoms with Crippen molar-refractivity contribution < 1.29 is 9.21 Å². The molecule has 0 unspecified atom stereocenters. The molecule has 3 aromatic heterocycles. The van der Waals surface area contributed by atoms with Gasteiger partial charge in [0.05, 0.1) is 17.8 Å². The largest absolute Gasteiger partial charge is 0.459 e. The van der Waals surface area contributed by atoms with Gasteiger partial charge in [-0.05, 0) is 30.5 Å². The van der Waals surface area contributed by atoms with E-state index < -0.39 is 0 Å². The number of carbonyl (C=O) groups excluding carboxylic acids is 1. The quantitative estimate of drug-likeness (QED) is 0.794. The third-order valence-electron chi connectivity index (χ3n) is 2.65. The van der Waals surface area contributed by atoms with Crippen LogP contribution in [-0.4, -0.2) is 10.9 Å². The van der Waals surface area contributed by atoms with Crippen LogP contribution in [0.1, 0.15) is 11.5 Å². The van der Waals surface area contributed by atoms with Crippen LogP contribution in [-0.2, 0) is 11.2 Å². The number of carbonyl (C=O) groups is 1. The summed E-state index contributed by atoms with van der Waals surface area (Å²) in [6.07, 6.45) is 0.270. The van der Waals surface area contributed by atoms with Crippen molar-refractivity contribution in [1.29, 1.82) is 0 Å². The first-order valence-corrected chi connectivity index (χ1v) is 7.86. The van der Waals surface area contributed by atoms with Crippen molar-refractivity contribution in [2.75, 3.05) is 5.32 Å². The van der Waals surface area contributed by atoms with Crippen molar-refractivity contribution in [2.24, 2.45) is 0 Å².